The van der Waals surface area contributed by atoms with Crippen molar-refractivity contribution in [3.8, 4) is 11.5 Å². The van der Waals surface area contributed by atoms with E-state index in [9.17, 15) is 4.79 Å². The van der Waals surface area contributed by atoms with Crippen LogP contribution in [0.2, 0.25) is 5.02 Å². The molecule has 3 rings (SSSR count). The first-order valence-electron chi connectivity index (χ1n) is 9.83. The fourth-order valence-electron chi connectivity index (χ4n) is 3.04. The van der Waals surface area contributed by atoms with E-state index in [2.05, 4.69) is 4.99 Å². The van der Waals surface area contributed by atoms with Crippen LogP contribution in [0.15, 0.2) is 46.3 Å². The quantitative estimate of drug-likeness (QED) is 0.486. The van der Waals surface area contributed by atoms with Gasteiger partial charge in [0.05, 0.1) is 24.3 Å². The van der Waals surface area contributed by atoms with E-state index in [1.165, 1.54) is 11.8 Å². The highest BCUT2D eigenvalue weighted by Gasteiger charge is 2.33. The Bertz CT molecular complexity index is 987. The molecule has 2 aromatic rings. The molecule has 0 radical (unpaired) electrons. The van der Waals surface area contributed by atoms with Crippen molar-refractivity contribution < 1.29 is 14.3 Å². The van der Waals surface area contributed by atoms with Crippen molar-refractivity contribution in [3.63, 3.8) is 0 Å². The van der Waals surface area contributed by atoms with Gasteiger partial charge >= 0.3 is 0 Å². The second kappa shape index (κ2) is 10.0. The number of halogens is 1. The van der Waals surface area contributed by atoms with Crippen molar-refractivity contribution in [2.75, 3.05) is 20.3 Å². The fraction of sp³-hybridized carbons (Fsp3) is 0.304. The third kappa shape index (κ3) is 4.99. The van der Waals surface area contributed by atoms with Crippen LogP contribution in [0.4, 0.5) is 5.69 Å². The van der Waals surface area contributed by atoms with E-state index in [0.29, 0.717) is 39.7 Å². The van der Waals surface area contributed by atoms with Gasteiger partial charge in [0.25, 0.3) is 5.91 Å². The maximum atomic E-state index is 13.1. The van der Waals surface area contributed by atoms with E-state index in [1.54, 1.807) is 24.1 Å². The normalized spacial score (nSPS) is 16.6. The topological polar surface area (TPSA) is 51.1 Å². The lowest BCUT2D eigenvalue weighted by atomic mass is 10.1. The molecule has 1 fully saturated rings. The number of hydrogen-bond acceptors (Lipinski definition) is 5. The molecule has 0 aliphatic carbocycles. The highest BCUT2D eigenvalue weighted by atomic mass is 35.5. The van der Waals surface area contributed by atoms with Crippen LogP contribution < -0.4 is 9.47 Å². The average Bonchev–Trinajstić information content (AvgIpc) is 3.01. The number of methoxy groups -OCH3 is 1. The van der Waals surface area contributed by atoms with Gasteiger partial charge in [0.1, 0.15) is 0 Å². The molecule has 0 atom stereocenters. The zero-order chi connectivity index (χ0) is 21.7. The van der Waals surface area contributed by atoms with Crippen LogP contribution in [-0.2, 0) is 4.79 Å². The van der Waals surface area contributed by atoms with Crippen molar-refractivity contribution >= 4 is 46.2 Å². The van der Waals surface area contributed by atoms with Gasteiger partial charge in [-0.1, -0.05) is 18.5 Å². The molecule has 0 aromatic heterocycles. The van der Waals surface area contributed by atoms with Gasteiger partial charge in [-0.25, -0.2) is 4.99 Å². The Balaban J connectivity index is 1.98. The Morgan fingerprint density at radius 2 is 1.90 bits per heavy atom. The molecule has 0 spiro atoms. The number of carbonyl (C=O) groups excluding carboxylic acids is 1. The van der Waals surface area contributed by atoms with Gasteiger partial charge in [0, 0.05) is 11.6 Å². The Hall–Kier alpha value is -2.44. The molecule has 158 valence electrons. The minimum atomic E-state index is -0.0391. The second-order valence-corrected chi connectivity index (χ2v) is 8.18. The Morgan fingerprint density at radius 1 is 1.17 bits per heavy atom. The van der Waals surface area contributed by atoms with Crippen molar-refractivity contribution in [2.45, 2.75) is 27.2 Å². The van der Waals surface area contributed by atoms with Crippen molar-refractivity contribution in [2.24, 2.45) is 4.99 Å². The van der Waals surface area contributed by atoms with Crippen LogP contribution in [0, 0.1) is 6.92 Å². The molecule has 1 aliphatic rings. The predicted octanol–water partition coefficient (Wildman–Crippen LogP) is 6.07. The number of nitrogens with zero attached hydrogens (tertiary/aromatic N) is 2. The number of hydrogen-bond donors (Lipinski definition) is 0. The third-order valence-corrected chi connectivity index (χ3v) is 5.78. The SMILES string of the molecule is CCCN1C(=O)/C(=C/c2cc(OCC)c(OC)cc2C)SC1=Nc1ccc(Cl)cc1. The number of aliphatic imine (C=N–C) groups is 1. The van der Waals surface area contributed by atoms with Crippen molar-refractivity contribution in [1.82, 2.24) is 4.90 Å². The third-order valence-electron chi connectivity index (χ3n) is 4.53. The molecule has 1 saturated heterocycles. The van der Waals surface area contributed by atoms with Gasteiger partial charge < -0.3 is 9.47 Å². The summed E-state index contributed by atoms with van der Waals surface area (Å²) in [5.41, 5.74) is 2.68. The minimum Gasteiger partial charge on any atom is -0.493 e. The Morgan fingerprint density at radius 3 is 2.53 bits per heavy atom. The molecule has 5 nitrogen and oxygen atoms in total. The Kier molecular flexibility index (Phi) is 7.45. The summed E-state index contributed by atoms with van der Waals surface area (Å²) >= 11 is 7.35. The number of benzene rings is 2. The summed E-state index contributed by atoms with van der Waals surface area (Å²) in [6, 6.07) is 11.1. The highest BCUT2D eigenvalue weighted by molar-refractivity contribution is 8.18. The van der Waals surface area contributed by atoms with Crippen LogP contribution in [0.25, 0.3) is 6.08 Å². The molecule has 0 saturated carbocycles. The van der Waals surface area contributed by atoms with Gasteiger partial charge in [0.15, 0.2) is 16.7 Å². The number of amides is 1. The largest absolute Gasteiger partial charge is 0.493 e. The first kappa shape index (κ1) is 22.2. The van der Waals surface area contributed by atoms with Crippen LogP contribution in [0.5, 0.6) is 11.5 Å². The van der Waals surface area contributed by atoms with Crippen LogP contribution in [0.3, 0.4) is 0 Å². The van der Waals surface area contributed by atoms with Crippen LogP contribution in [0.1, 0.15) is 31.4 Å². The van der Waals surface area contributed by atoms with Gasteiger partial charge in [-0.2, -0.15) is 0 Å². The minimum absolute atomic E-state index is 0.0391. The molecule has 1 amide bonds. The lowest BCUT2D eigenvalue weighted by molar-refractivity contribution is -0.122. The first-order valence-corrected chi connectivity index (χ1v) is 11.0. The summed E-state index contributed by atoms with van der Waals surface area (Å²) in [5, 5.41) is 1.33. The number of ether oxygens (including phenoxy) is 2. The molecule has 30 heavy (non-hydrogen) atoms. The van der Waals surface area contributed by atoms with Gasteiger partial charge in [-0.05, 0) is 85.6 Å². The standard InChI is InChI=1S/C23H25ClN2O3S/c1-5-11-26-22(27)21(30-23(26)25-18-9-7-17(24)8-10-18)14-16-13-20(29-6-2)19(28-4)12-15(16)3/h7-10,12-14H,5-6,11H2,1-4H3/b21-14-,25-23?. The smallest absolute Gasteiger partial charge is 0.266 e. The zero-order valence-electron chi connectivity index (χ0n) is 17.6. The number of rotatable bonds is 7. The average molecular weight is 445 g/mol. The number of amidine groups is 1. The monoisotopic (exact) mass is 444 g/mol. The number of thioether (sulfide) groups is 1. The molecule has 0 unspecified atom stereocenters. The van der Waals surface area contributed by atoms with Crippen LogP contribution in [-0.4, -0.2) is 36.2 Å². The van der Waals surface area contributed by atoms with Gasteiger partial charge in [-0.15, -0.1) is 0 Å². The van der Waals surface area contributed by atoms with Crippen molar-refractivity contribution in [3.05, 3.63) is 57.5 Å². The second-order valence-electron chi connectivity index (χ2n) is 6.73. The summed E-state index contributed by atoms with van der Waals surface area (Å²) in [6.07, 6.45) is 2.74. The lowest BCUT2D eigenvalue weighted by Crippen LogP contribution is -2.29. The fourth-order valence-corrected chi connectivity index (χ4v) is 4.18. The van der Waals surface area contributed by atoms with Crippen molar-refractivity contribution in [1.29, 1.82) is 0 Å². The number of carbonyl (C=O) groups is 1. The highest BCUT2D eigenvalue weighted by Crippen LogP contribution is 2.37. The maximum absolute atomic E-state index is 13.1. The number of aryl methyl sites for hydroxylation is 1. The van der Waals surface area contributed by atoms with E-state index in [0.717, 1.165) is 23.2 Å². The van der Waals surface area contributed by atoms with E-state index in [-0.39, 0.29) is 5.91 Å². The lowest BCUT2D eigenvalue weighted by Gasteiger charge is -2.14. The van der Waals surface area contributed by atoms with E-state index in [1.807, 2.05) is 51.1 Å². The van der Waals surface area contributed by atoms with Gasteiger partial charge in [0.2, 0.25) is 0 Å². The summed E-state index contributed by atoms with van der Waals surface area (Å²) in [4.78, 5) is 20.1. The van der Waals surface area contributed by atoms with Gasteiger partial charge in [-0.3, -0.25) is 9.69 Å². The maximum Gasteiger partial charge on any atom is 0.266 e. The summed E-state index contributed by atoms with van der Waals surface area (Å²) in [5.74, 6) is 1.30. The molecular formula is C23H25ClN2O3S. The van der Waals surface area contributed by atoms with E-state index >= 15 is 0 Å². The Labute approximate surface area is 186 Å². The molecule has 2 aromatic carbocycles. The summed E-state index contributed by atoms with van der Waals surface area (Å²) < 4.78 is 11.1. The summed E-state index contributed by atoms with van der Waals surface area (Å²) in [7, 11) is 1.62. The molecule has 0 bridgehead atoms. The molecule has 0 N–H and O–H groups in total. The zero-order valence-corrected chi connectivity index (χ0v) is 19.1. The molecule has 7 heteroatoms. The molecular weight excluding hydrogens is 420 g/mol. The van der Waals surface area contributed by atoms with E-state index in [4.69, 9.17) is 21.1 Å². The first-order chi connectivity index (χ1) is 14.5. The summed E-state index contributed by atoms with van der Waals surface area (Å²) in [6.45, 7) is 7.10. The molecule has 1 aliphatic heterocycles. The van der Waals surface area contributed by atoms with Crippen LogP contribution >= 0.6 is 23.4 Å². The van der Waals surface area contributed by atoms with E-state index < -0.39 is 0 Å². The predicted molar refractivity (Wildman–Crippen MR) is 125 cm³/mol. The molecule has 1 heterocycles.